The van der Waals surface area contributed by atoms with Crippen LogP contribution >= 0.6 is 11.8 Å². The van der Waals surface area contributed by atoms with Crippen molar-refractivity contribution >= 4 is 11.8 Å². The third kappa shape index (κ3) is 2.04. The number of aliphatic hydroxyl groups excluding tert-OH is 1. The Labute approximate surface area is 92.9 Å². The zero-order valence-corrected chi connectivity index (χ0v) is 9.45. The van der Waals surface area contributed by atoms with Gasteiger partial charge in [-0.2, -0.15) is 5.11 Å². The van der Waals surface area contributed by atoms with E-state index in [1.807, 2.05) is 44.2 Å². The zero-order valence-electron chi connectivity index (χ0n) is 8.64. The Morgan fingerprint density at radius 1 is 1.20 bits per heavy atom. The van der Waals surface area contributed by atoms with Gasteiger partial charge in [0.25, 0.3) is 0 Å². The van der Waals surface area contributed by atoms with Crippen molar-refractivity contribution < 1.29 is 5.11 Å². The summed E-state index contributed by atoms with van der Waals surface area (Å²) >= 11 is 1.51. The van der Waals surface area contributed by atoms with E-state index >= 15 is 0 Å². The van der Waals surface area contributed by atoms with E-state index in [0.29, 0.717) is 0 Å². The Balaban J connectivity index is 2.24. The molecule has 1 heterocycles. The molecule has 1 aliphatic heterocycles. The quantitative estimate of drug-likeness (QED) is 0.825. The van der Waals surface area contributed by atoms with E-state index in [2.05, 4.69) is 10.2 Å². The summed E-state index contributed by atoms with van der Waals surface area (Å²) in [6.07, 6.45) is 0. The topological polar surface area (TPSA) is 45.0 Å². The van der Waals surface area contributed by atoms with Crippen LogP contribution in [0.5, 0.6) is 0 Å². The second-order valence-electron chi connectivity index (χ2n) is 3.83. The smallest absolute Gasteiger partial charge is 0.243 e. The molecule has 0 amide bonds. The van der Waals surface area contributed by atoms with Gasteiger partial charge in [0.2, 0.25) is 5.88 Å². The maximum absolute atomic E-state index is 9.58. The number of nitrogens with zero attached hydrogens (tertiary/aromatic N) is 2. The molecule has 1 aromatic rings. The van der Waals surface area contributed by atoms with Crippen molar-refractivity contribution in [2.75, 3.05) is 0 Å². The first kappa shape index (κ1) is 10.2. The molecule has 0 atom stereocenters. The van der Waals surface area contributed by atoms with Crippen LogP contribution in [-0.4, -0.2) is 10.6 Å². The fraction of sp³-hybridized carbons (Fsp3) is 0.273. The molecule has 1 aliphatic rings. The first-order valence-electron chi connectivity index (χ1n) is 4.69. The lowest BCUT2D eigenvalue weighted by molar-refractivity contribution is 0.403. The number of hydrogen-bond acceptors (Lipinski definition) is 4. The number of hydrogen-bond donors (Lipinski definition) is 1. The molecule has 1 aromatic carbocycles. The van der Waals surface area contributed by atoms with Gasteiger partial charge in [0, 0.05) is 4.90 Å². The van der Waals surface area contributed by atoms with E-state index in [9.17, 15) is 5.11 Å². The van der Waals surface area contributed by atoms with Crippen LogP contribution in [0, 0.1) is 0 Å². The second-order valence-corrected chi connectivity index (χ2v) is 4.91. The number of azo groups is 1. The molecule has 0 unspecified atom stereocenters. The SMILES string of the molecule is CC1(C)N=NC(O)=C1Sc1ccccc1. The molecule has 0 spiro atoms. The molecule has 78 valence electrons. The van der Waals surface area contributed by atoms with Crippen molar-refractivity contribution in [3.8, 4) is 0 Å². The molecule has 0 saturated heterocycles. The summed E-state index contributed by atoms with van der Waals surface area (Å²) in [4.78, 5) is 1.88. The Hall–Kier alpha value is -1.29. The minimum atomic E-state index is -0.412. The third-order valence-electron chi connectivity index (χ3n) is 2.12. The van der Waals surface area contributed by atoms with Gasteiger partial charge in [0.05, 0.1) is 4.91 Å². The fourth-order valence-corrected chi connectivity index (χ4v) is 2.27. The average molecular weight is 220 g/mol. The van der Waals surface area contributed by atoms with Gasteiger partial charge in [-0.3, -0.25) is 0 Å². The van der Waals surface area contributed by atoms with Crippen LogP contribution in [0.2, 0.25) is 0 Å². The molecule has 0 saturated carbocycles. The number of thioether (sulfide) groups is 1. The highest BCUT2D eigenvalue weighted by Gasteiger charge is 2.32. The first-order valence-corrected chi connectivity index (χ1v) is 5.51. The van der Waals surface area contributed by atoms with Crippen molar-refractivity contribution in [1.82, 2.24) is 0 Å². The van der Waals surface area contributed by atoms with Crippen LogP contribution in [0.1, 0.15) is 13.8 Å². The number of aliphatic hydroxyl groups is 1. The largest absolute Gasteiger partial charge is 0.492 e. The van der Waals surface area contributed by atoms with E-state index in [-0.39, 0.29) is 5.88 Å². The van der Waals surface area contributed by atoms with Crippen LogP contribution in [0.15, 0.2) is 56.2 Å². The van der Waals surface area contributed by atoms with E-state index in [1.54, 1.807) is 0 Å². The first-order chi connectivity index (χ1) is 7.09. The Bertz CT molecular complexity index is 423. The minimum absolute atomic E-state index is 0.0360. The molecular formula is C11H12N2OS. The summed E-state index contributed by atoms with van der Waals surface area (Å²) < 4.78 is 0. The molecule has 0 radical (unpaired) electrons. The van der Waals surface area contributed by atoms with Gasteiger partial charge in [-0.25, -0.2) is 0 Å². The highest BCUT2D eigenvalue weighted by molar-refractivity contribution is 8.03. The maximum atomic E-state index is 9.58. The van der Waals surface area contributed by atoms with Crippen molar-refractivity contribution in [1.29, 1.82) is 0 Å². The van der Waals surface area contributed by atoms with Gasteiger partial charge in [0.1, 0.15) is 5.54 Å². The van der Waals surface area contributed by atoms with Gasteiger partial charge in [-0.15, -0.1) is 5.11 Å². The molecular weight excluding hydrogens is 208 g/mol. The van der Waals surface area contributed by atoms with Gasteiger partial charge in [0.15, 0.2) is 0 Å². The Morgan fingerprint density at radius 2 is 1.87 bits per heavy atom. The van der Waals surface area contributed by atoms with Crippen molar-refractivity contribution in [3.05, 3.63) is 41.1 Å². The summed E-state index contributed by atoms with van der Waals surface area (Å²) in [6, 6.07) is 9.90. The van der Waals surface area contributed by atoms with E-state index in [4.69, 9.17) is 0 Å². The highest BCUT2D eigenvalue weighted by atomic mass is 32.2. The predicted molar refractivity (Wildman–Crippen MR) is 60.9 cm³/mol. The van der Waals surface area contributed by atoms with E-state index < -0.39 is 5.54 Å². The number of rotatable bonds is 2. The van der Waals surface area contributed by atoms with E-state index in [0.717, 1.165) is 9.80 Å². The molecule has 15 heavy (non-hydrogen) atoms. The van der Waals surface area contributed by atoms with Gasteiger partial charge in [-0.05, 0) is 26.0 Å². The standard InChI is InChI=1S/C11H12N2OS/c1-11(2)9(10(14)12-13-11)15-8-6-4-3-5-7-8/h3-7,14H,1-2H3. The van der Waals surface area contributed by atoms with Gasteiger partial charge < -0.3 is 5.11 Å². The van der Waals surface area contributed by atoms with Gasteiger partial charge >= 0.3 is 0 Å². The van der Waals surface area contributed by atoms with Crippen molar-refractivity contribution in [3.63, 3.8) is 0 Å². The minimum Gasteiger partial charge on any atom is -0.492 e. The van der Waals surface area contributed by atoms with Crippen molar-refractivity contribution in [2.45, 2.75) is 24.3 Å². The van der Waals surface area contributed by atoms with Crippen LogP contribution in [0.4, 0.5) is 0 Å². The molecule has 0 aliphatic carbocycles. The summed E-state index contributed by atoms with van der Waals surface area (Å²) in [5.74, 6) is 0.0360. The lowest BCUT2D eigenvalue weighted by Gasteiger charge is -2.16. The molecule has 0 bridgehead atoms. The Morgan fingerprint density at radius 3 is 2.40 bits per heavy atom. The Kier molecular flexibility index (Phi) is 2.52. The molecule has 0 fully saturated rings. The van der Waals surface area contributed by atoms with Crippen LogP contribution in [0.25, 0.3) is 0 Å². The number of benzene rings is 1. The molecule has 0 aromatic heterocycles. The molecule has 3 nitrogen and oxygen atoms in total. The summed E-state index contributed by atoms with van der Waals surface area (Å²) in [6.45, 7) is 3.87. The maximum Gasteiger partial charge on any atom is 0.243 e. The van der Waals surface area contributed by atoms with Crippen LogP contribution in [0.3, 0.4) is 0 Å². The molecule has 2 rings (SSSR count). The average Bonchev–Trinajstić information content (AvgIpc) is 2.47. The molecule has 4 heteroatoms. The van der Waals surface area contributed by atoms with E-state index in [1.165, 1.54) is 11.8 Å². The van der Waals surface area contributed by atoms with Crippen LogP contribution < -0.4 is 0 Å². The highest BCUT2D eigenvalue weighted by Crippen LogP contribution is 2.41. The van der Waals surface area contributed by atoms with Crippen molar-refractivity contribution in [2.24, 2.45) is 10.2 Å². The van der Waals surface area contributed by atoms with Gasteiger partial charge in [-0.1, -0.05) is 30.0 Å². The summed E-state index contributed by atoms with van der Waals surface area (Å²) in [7, 11) is 0. The van der Waals surface area contributed by atoms with Crippen LogP contribution in [-0.2, 0) is 0 Å². The fourth-order valence-electron chi connectivity index (χ4n) is 1.31. The second kappa shape index (κ2) is 3.70. The monoisotopic (exact) mass is 220 g/mol. The third-order valence-corrected chi connectivity index (χ3v) is 3.51. The predicted octanol–water partition coefficient (Wildman–Crippen LogP) is 3.75. The normalized spacial score (nSPS) is 18.5. The summed E-state index contributed by atoms with van der Waals surface area (Å²) in [5.41, 5.74) is -0.412. The zero-order chi connectivity index (χ0) is 10.9. The lowest BCUT2D eigenvalue weighted by Crippen LogP contribution is -2.15. The molecule has 1 N–H and O–H groups in total. The lowest BCUT2D eigenvalue weighted by atomic mass is 10.1. The summed E-state index contributed by atoms with van der Waals surface area (Å²) in [5, 5.41) is 17.3.